The molecule has 1 aromatic heterocycles. The third kappa shape index (κ3) is 5.56. The zero-order valence-electron chi connectivity index (χ0n) is 20.2. The molecule has 188 valence electrons. The highest BCUT2D eigenvalue weighted by Gasteiger charge is 2.32. The minimum atomic E-state index is -0.566. The van der Waals surface area contributed by atoms with Gasteiger partial charge in [-0.25, -0.2) is 13.8 Å². The molecule has 36 heavy (non-hydrogen) atoms. The van der Waals surface area contributed by atoms with Crippen molar-refractivity contribution in [2.75, 3.05) is 6.61 Å². The molecule has 8 heteroatoms. The molecule has 3 aromatic carbocycles. The van der Waals surface area contributed by atoms with Gasteiger partial charge in [-0.15, -0.1) is 0 Å². The maximum absolute atomic E-state index is 14.4. The maximum Gasteiger partial charge on any atom is 0.173 e. The van der Waals surface area contributed by atoms with Gasteiger partial charge in [0.25, 0.3) is 0 Å². The molecule has 0 atom stereocenters. The Kier molecular flexibility index (Phi) is 8.28. The molecule has 0 bridgehead atoms. The van der Waals surface area contributed by atoms with E-state index < -0.39 is 5.41 Å². The van der Waals surface area contributed by atoms with Gasteiger partial charge in [-0.3, -0.25) is 4.57 Å². The Labute approximate surface area is 224 Å². The number of imidazole rings is 1. The van der Waals surface area contributed by atoms with Crippen molar-refractivity contribution >= 4 is 35.0 Å². The van der Waals surface area contributed by atoms with Crippen molar-refractivity contribution in [2.45, 2.75) is 43.5 Å². The lowest BCUT2D eigenvalue weighted by Crippen LogP contribution is -2.24. The van der Waals surface area contributed by atoms with Crippen LogP contribution in [0.2, 0.25) is 10.0 Å². The summed E-state index contributed by atoms with van der Waals surface area (Å²) >= 11 is 13.9. The van der Waals surface area contributed by atoms with E-state index in [1.54, 1.807) is 30.5 Å². The van der Waals surface area contributed by atoms with E-state index in [0.717, 1.165) is 23.4 Å². The van der Waals surface area contributed by atoms with Crippen LogP contribution in [0.1, 0.15) is 44.0 Å². The van der Waals surface area contributed by atoms with Crippen LogP contribution in [0.4, 0.5) is 8.78 Å². The third-order valence-corrected chi connectivity index (χ3v) is 7.51. The third-order valence-electron chi connectivity index (χ3n) is 5.94. The first-order valence-electron chi connectivity index (χ1n) is 11.5. The molecule has 0 fully saturated rings. The van der Waals surface area contributed by atoms with E-state index in [1.807, 2.05) is 29.7 Å². The van der Waals surface area contributed by atoms with Crippen LogP contribution in [0.15, 0.2) is 72.0 Å². The van der Waals surface area contributed by atoms with Crippen LogP contribution in [0.5, 0.6) is 5.75 Å². The number of rotatable bonds is 9. The highest BCUT2D eigenvalue weighted by atomic mass is 35.5. The van der Waals surface area contributed by atoms with Crippen molar-refractivity contribution in [1.82, 2.24) is 9.55 Å². The number of aromatic nitrogens is 2. The van der Waals surface area contributed by atoms with Gasteiger partial charge in [-0.2, -0.15) is 0 Å². The molecule has 0 saturated heterocycles. The summed E-state index contributed by atoms with van der Waals surface area (Å²) in [4.78, 5) is 4.69. The molecule has 0 unspecified atom stereocenters. The van der Waals surface area contributed by atoms with Crippen LogP contribution in [-0.4, -0.2) is 16.2 Å². The van der Waals surface area contributed by atoms with Gasteiger partial charge < -0.3 is 4.74 Å². The van der Waals surface area contributed by atoms with Crippen molar-refractivity contribution in [3.8, 4) is 11.4 Å². The van der Waals surface area contributed by atoms with Gasteiger partial charge in [0.05, 0.1) is 18.5 Å². The van der Waals surface area contributed by atoms with E-state index in [1.165, 1.54) is 30.0 Å². The standard InChI is InChI=1S/C28H26Cl2F2N2OS/c1-4-14-35-25-15-18(29)8-13-22(25)28(2,3)26-16-33-27(34(26)20-11-9-19(31)10-12-20)36-17-21-23(30)6-5-7-24(21)32/h5-13,15-16H,4,14,17H2,1-3H3. The fourth-order valence-electron chi connectivity index (χ4n) is 4.01. The quantitative estimate of drug-likeness (QED) is 0.196. The van der Waals surface area contributed by atoms with E-state index in [9.17, 15) is 8.78 Å². The van der Waals surface area contributed by atoms with Crippen LogP contribution in [-0.2, 0) is 11.2 Å². The molecule has 0 radical (unpaired) electrons. The first kappa shape index (κ1) is 26.5. The summed E-state index contributed by atoms with van der Waals surface area (Å²) in [6, 6.07) is 16.5. The maximum atomic E-state index is 14.4. The fourth-order valence-corrected chi connectivity index (χ4v) is 5.50. The lowest BCUT2D eigenvalue weighted by molar-refractivity contribution is 0.309. The average Bonchev–Trinajstić information content (AvgIpc) is 3.27. The topological polar surface area (TPSA) is 27.1 Å². The second-order valence-electron chi connectivity index (χ2n) is 8.84. The molecule has 3 nitrogen and oxygen atoms in total. The van der Waals surface area contributed by atoms with Crippen LogP contribution in [0, 0.1) is 11.6 Å². The van der Waals surface area contributed by atoms with Crippen LogP contribution < -0.4 is 4.74 Å². The molecule has 0 aliphatic carbocycles. The molecule has 0 aliphatic heterocycles. The summed E-state index contributed by atoms with van der Waals surface area (Å²) in [5.74, 6) is 0.290. The van der Waals surface area contributed by atoms with Crippen molar-refractivity contribution < 1.29 is 13.5 Å². The number of thioether (sulfide) groups is 1. The number of benzene rings is 3. The van der Waals surface area contributed by atoms with Gasteiger partial charge in [-0.1, -0.05) is 67.9 Å². The zero-order chi connectivity index (χ0) is 25.9. The first-order valence-corrected chi connectivity index (χ1v) is 13.3. The minimum absolute atomic E-state index is 0.287. The van der Waals surface area contributed by atoms with Gasteiger partial charge in [0, 0.05) is 38.0 Å². The van der Waals surface area contributed by atoms with E-state index in [0.29, 0.717) is 33.1 Å². The van der Waals surface area contributed by atoms with E-state index >= 15 is 0 Å². The van der Waals surface area contributed by atoms with Gasteiger partial charge in [0.1, 0.15) is 17.4 Å². The monoisotopic (exact) mass is 546 g/mol. The Bertz CT molecular complexity index is 1340. The summed E-state index contributed by atoms with van der Waals surface area (Å²) in [6.45, 7) is 6.76. The Hall–Kier alpha value is -2.54. The Morgan fingerprint density at radius 3 is 2.47 bits per heavy atom. The smallest absolute Gasteiger partial charge is 0.173 e. The van der Waals surface area contributed by atoms with E-state index in [-0.39, 0.29) is 17.4 Å². The lowest BCUT2D eigenvalue weighted by atomic mass is 9.81. The highest BCUT2D eigenvalue weighted by molar-refractivity contribution is 7.98. The second kappa shape index (κ2) is 11.2. The second-order valence-corrected chi connectivity index (χ2v) is 10.6. The molecule has 1 heterocycles. The molecule has 0 amide bonds. The molecule has 0 N–H and O–H groups in total. The minimum Gasteiger partial charge on any atom is -0.493 e. The number of hydrogen-bond donors (Lipinski definition) is 0. The molecule has 4 aromatic rings. The summed E-state index contributed by atoms with van der Waals surface area (Å²) in [6.07, 6.45) is 2.66. The van der Waals surface area contributed by atoms with Crippen molar-refractivity contribution in [2.24, 2.45) is 0 Å². The average molecular weight is 547 g/mol. The van der Waals surface area contributed by atoms with Gasteiger partial charge in [-0.05, 0) is 55.0 Å². The number of nitrogens with zero attached hydrogens (tertiary/aromatic N) is 2. The molecular weight excluding hydrogens is 521 g/mol. The van der Waals surface area contributed by atoms with Crippen LogP contribution >= 0.6 is 35.0 Å². The summed E-state index contributed by atoms with van der Waals surface area (Å²) in [5, 5.41) is 1.58. The fraction of sp³-hybridized carbons (Fsp3) is 0.250. The normalized spacial score (nSPS) is 11.6. The van der Waals surface area contributed by atoms with Crippen molar-refractivity contribution in [3.05, 3.63) is 105 Å². The Balaban J connectivity index is 1.81. The Morgan fingerprint density at radius 1 is 1.03 bits per heavy atom. The van der Waals surface area contributed by atoms with Gasteiger partial charge >= 0.3 is 0 Å². The molecular formula is C28H26Cl2F2N2OS. The van der Waals surface area contributed by atoms with Crippen molar-refractivity contribution in [3.63, 3.8) is 0 Å². The van der Waals surface area contributed by atoms with Gasteiger partial charge in [0.2, 0.25) is 0 Å². The molecule has 0 saturated carbocycles. The molecule has 0 aliphatic rings. The number of halogens is 4. The molecule has 4 rings (SSSR count). The largest absolute Gasteiger partial charge is 0.493 e. The summed E-state index contributed by atoms with van der Waals surface area (Å²) in [7, 11) is 0. The SMILES string of the molecule is CCCOc1cc(Cl)ccc1C(C)(C)c1cnc(SCc2c(F)cccc2Cl)n1-c1ccc(F)cc1. The predicted molar refractivity (Wildman–Crippen MR) is 144 cm³/mol. The first-order chi connectivity index (χ1) is 17.2. The number of ether oxygens (including phenoxy) is 1. The zero-order valence-corrected chi connectivity index (χ0v) is 22.5. The molecule has 0 spiro atoms. The summed E-state index contributed by atoms with van der Waals surface area (Å²) in [5.41, 5.74) is 2.39. The Morgan fingerprint density at radius 2 is 1.78 bits per heavy atom. The summed E-state index contributed by atoms with van der Waals surface area (Å²) < 4.78 is 36.2. The van der Waals surface area contributed by atoms with E-state index in [2.05, 4.69) is 13.8 Å². The number of hydrogen-bond acceptors (Lipinski definition) is 3. The van der Waals surface area contributed by atoms with E-state index in [4.69, 9.17) is 32.9 Å². The van der Waals surface area contributed by atoms with Crippen molar-refractivity contribution in [1.29, 1.82) is 0 Å². The lowest BCUT2D eigenvalue weighted by Gasteiger charge is -2.29. The highest BCUT2D eigenvalue weighted by Crippen LogP contribution is 2.41. The van der Waals surface area contributed by atoms with Crippen LogP contribution in [0.25, 0.3) is 5.69 Å². The van der Waals surface area contributed by atoms with Gasteiger partial charge in [0.15, 0.2) is 5.16 Å². The predicted octanol–water partition coefficient (Wildman–Crippen LogP) is 8.86. The van der Waals surface area contributed by atoms with Crippen LogP contribution in [0.3, 0.4) is 0 Å².